The number of carbonyl (C=O) groups excluding carboxylic acids is 1. The van der Waals surface area contributed by atoms with E-state index < -0.39 is 5.60 Å². The minimum absolute atomic E-state index is 0.139. The normalized spacial score (nSPS) is 15.9. The van der Waals surface area contributed by atoms with Crippen LogP contribution < -0.4 is 10.1 Å². The van der Waals surface area contributed by atoms with E-state index in [1.807, 2.05) is 0 Å². The number of amides is 1. The summed E-state index contributed by atoms with van der Waals surface area (Å²) < 4.78 is 5.59. The number of ether oxygens (including phenoxy) is 1. The van der Waals surface area contributed by atoms with Crippen molar-refractivity contribution in [3.63, 3.8) is 0 Å². The molecule has 0 atom stereocenters. The molecule has 1 aliphatic rings. The van der Waals surface area contributed by atoms with Crippen molar-refractivity contribution in [1.82, 2.24) is 4.98 Å². The Morgan fingerprint density at radius 2 is 1.92 bits per heavy atom. The van der Waals surface area contributed by atoms with Gasteiger partial charge in [-0.3, -0.25) is 4.79 Å². The molecule has 0 aliphatic heterocycles. The zero-order valence-corrected chi connectivity index (χ0v) is 13.9. The topological polar surface area (TPSA) is 71.5 Å². The maximum absolute atomic E-state index is 12.1. The SMILES string of the molecule is O=C(CC1(O)CCCC1)Nc1ccc(Oc2ccc(Cl)cn2)cc1. The highest BCUT2D eigenvalue weighted by atomic mass is 35.5. The molecule has 2 aromatic rings. The average molecular weight is 347 g/mol. The summed E-state index contributed by atoms with van der Waals surface area (Å²) in [6.45, 7) is 0. The van der Waals surface area contributed by atoms with Crippen LogP contribution in [-0.4, -0.2) is 21.6 Å². The second-order valence-electron chi connectivity index (χ2n) is 6.10. The quantitative estimate of drug-likeness (QED) is 0.852. The van der Waals surface area contributed by atoms with Crippen LogP contribution in [0.25, 0.3) is 0 Å². The van der Waals surface area contributed by atoms with Gasteiger partial charge in [0.05, 0.1) is 17.0 Å². The molecule has 24 heavy (non-hydrogen) atoms. The number of pyridine rings is 1. The Morgan fingerprint density at radius 1 is 1.21 bits per heavy atom. The summed E-state index contributed by atoms with van der Waals surface area (Å²) >= 11 is 5.78. The van der Waals surface area contributed by atoms with Gasteiger partial charge < -0.3 is 15.2 Å². The molecule has 126 valence electrons. The van der Waals surface area contributed by atoms with Gasteiger partial charge >= 0.3 is 0 Å². The second-order valence-corrected chi connectivity index (χ2v) is 6.53. The molecule has 1 saturated carbocycles. The maximum Gasteiger partial charge on any atom is 0.227 e. The molecule has 0 saturated heterocycles. The lowest BCUT2D eigenvalue weighted by Crippen LogP contribution is -2.30. The van der Waals surface area contributed by atoms with Crippen molar-refractivity contribution >= 4 is 23.2 Å². The van der Waals surface area contributed by atoms with Gasteiger partial charge in [0.25, 0.3) is 0 Å². The standard InChI is InChI=1S/C18H19ClN2O3/c19-13-3-8-17(20-12-13)24-15-6-4-14(5-7-15)21-16(22)11-18(23)9-1-2-10-18/h3-8,12,23H,1-2,9-11H2,(H,21,22). The molecule has 5 nitrogen and oxygen atoms in total. The lowest BCUT2D eigenvalue weighted by atomic mass is 9.97. The third-order valence-corrected chi connectivity index (χ3v) is 4.31. The summed E-state index contributed by atoms with van der Waals surface area (Å²) in [7, 11) is 0. The van der Waals surface area contributed by atoms with Crippen molar-refractivity contribution in [3.05, 3.63) is 47.6 Å². The highest BCUT2D eigenvalue weighted by molar-refractivity contribution is 6.30. The number of halogens is 1. The minimum Gasteiger partial charge on any atom is -0.439 e. The smallest absolute Gasteiger partial charge is 0.227 e. The van der Waals surface area contributed by atoms with E-state index in [4.69, 9.17) is 16.3 Å². The third-order valence-electron chi connectivity index (χ3n) is 4.08. The van der Waals surface area contributed by atoms with Crippen molar-refractivity contribution in [2.75, 3.05) is 5.32 Å². The molecule has 1 aromatic carbocycles. The monoisotopic (exact) mass is 346 g/mol. The number of carbonyl (C=O) groups is 1. The molecule has 2 N–H and O–H groups in total. The molecule has 3 rings (SSSR count). The summed E-state index contributed by atoms with van der Waals surface area (Å²) in [4.78, 5) is 16.1. The lowest BCUT2D eigenvalue weighted by Gasteiger charge is -2.21. The Hall–Kier alpha value is -2.11. The van der Waals surface area contributed by atoms with Crippen LogP contribution in [0, 0.1) is 0 Å². The summed E-state index contributed by atoms with van der Waals surface area (Å²) in [5, 5.41) is 13.6. The first-order chi connectivity index (χ1) is 11.5. The van der Waals surface area contributed by atoms with E-state index in [1.165, 1.54) is 6.20 Å². The Balaban J connectivity index is 1.56. The van der Waals surface area contributed by atoms with E-state index in [2.05, 4.69) is 10.3 Å². The average Bonchev–Trinajstić information content (AvgIpc) is 2.97. The predicted octanol–water partition coefficient (Wildman–Crippen LogP) is 4.16. The van der Waals surface area contributed by atoms with Gasteiger partial charge in [-0.2, -0.15) is 0 Å². The Morgan fingerprint density at radius 3 is 2.54 bits per heavy atom. The fraction of sp³-hybridized carbons (Fsp3) is 0.333. The molecule has 1 heterocycles. The fourth-order valence-electron chi connectivity index (χ4n) is 2.86. The molecular formula is C18H19ClN2O3. The van der Waals surface area contributed by atoms with Crippen LogP contribution in [-0.2, 0) is 4.79 Å². The molecule has 1 aliphatic carbocycles. The summed E-state index contributed by atoms with van der Waals surface area (Å²) in [6.07, 6.45) is 5.00. The van der Waals surface area contributed by atoms with Crippen LogP contribution in [0.1, 0.15) is 32.1 Å². The molecule has 1 amide bonds. The van der Waals surface area contributed by atoms with Crippen LogP contribution in [0.15, 0.2) is 42.6 Å². The van der Waals surface area contributed by atoms with E-state index in [-0.39, 0.29) is 12.3 Å². The number of anilines is 1. The van der Waals surface area contributed by atoms with E-state index >= 15 is 0 Å². The molecule has 6 heteroatoms. The highest BCUT2D eigenvalue weighted by Crippen LogP contribution is 2.32. The Labute approximate surface area is 145 Å². The molecule has 0 unspecified atom stereocenters. The van der Waals surface area contributed by atoms with Crippen molar-refractivity contribution in [1.29, 1.82) is 0 Å². The molecule has 0 bridgehead atoms. The number of nitrogens with one attached hydrogen (secondary N) is 1. The molecule has 1 fully saturated rings. The lowest BCUT2D eigenvalue weighted by molar-refractivity contribution is -0.120. The van der Waals surface area contributed by atoms with Gasteiger partial charge in [-0.25, -0.2) is 4.98 Å². The molecule has 0 spiro atoms. The van der Waals surface area contributed by atoms with Gasteiger partial charge in [0.15, 0.2) is 0 Å². The van der Waals surface area contributed by atoms with E-state index in [0.29, 0.717) is 35.2 Å². The number of benzene rings is 1. The number of aliphatic hydroxyl groups is 1. The number of hydrogen-bond acceptors (Lipinski definition) is 4. The van der Waals surface area contributed by atoms with Crippen LogP contribution in [0.5, 0.6) is 11.6 Å². The molecule has 1 aromatic heterocycles. The van der Waals surface area contributed by atoms with Gasteiger partial charge in [-0.05, 0) is 43.2 Å². The third kappa shape index (κ3) is 4.46. The zero-order valence-electron chi connectivity index (χ0n) is 13.2. The summed E-state index contributed by atoms with van der Waals surface area (Å²) in [6, 6.07) is 10.4. The van der Waals surface area contributed by atoms with Crippen LogP contribution >= 0.6 is 11.6 Å². The first-order valence-corrected chi connectivity index (χ1v) is 8.32. The maximum atomic E-state index is 12.1. The molecular weight excluding hydrogens is 328 g/mol. The van der Waals surface area contributed by atoms with Gasteiger partial charge in [0.2, 0.25) is 11.8 Å². The van der Waals surface area contributed by atoms with Crippen LogP contribution in [0.4, 0.5) is 5.69 Å². The van der Waals surface area contributed by atoms with E-state index in [1.54, 1.807) is 36.4 Å². The van der Waals surface area contributed by atoms with Gasteiger partial charge in [0, 0.05) is 18.0 Å². The van der Waals surface area contributed by atoms with Crippen LogP contribution in [0.3, 0.4) is 0 Å². The fourth-order valence-corrected chi connectivity index (χ4v) is 2.98. The number of hydrogen-bond donors (Lipinski definition) is 2. The first kappa shape index (κ1) is 16.7. The Bertz CT molecular complexity index is 695. The van der Waals surface area contributed by atoms with E-state index in [9.17, 15) is 9.90 Å². The van der Waals surface area contributed by atoms with Crippen molar-refractivity contribution < 1.29 is 14.6 Å². The number of aromatic nitrogens is 1. The zero-order chi connectivity index (χ0) is 17.0. The van der Waals surface area contributed by atoms with Crippen molar-refractivity contribution in [3.8, 4) is 11.6 Å². The molecule has 0 radical (unpaired) electrons. The van der Waals surface area contributed by atoms with E-state index in [0.717, 1.165) is 12.8 Å². The second kappa shape index (κ2) is 7.20. The minimum atomic E-state index is -0.840. The van der Waals surface area contributed by atoms with Gasteiger partial charge in [-0.15, -0.1) is 0 Å². The van der Waals surface area contributed by atoms with Crippen LogP contribution in [0.2, 0.25) is 5.02 Å². The van der Waals surface area contributed by atoms with Gasteiger partial charge in [-0.1, -0.05) is 24.4 Å². The predicted molar refractivity (Wildman–Crippen MR) is 92.4 cm³/mol. The number of rotatable bonds is 5. The van der Waals surface area contributed by atoms with Gasteiger partial charge in [0.1, 0.15) is 5.75 Å². The first-order valence-electron chi connectivity index (χ1n) is 7.94. The summed E-state index contributed by atoms with van der Waals surface area (Å²) in [5.74, 6) is 0.879. The summed E-state index contributed by atoms with van der Waals surface area (Å²) in [5.41, 5.74) is -0.175. The largest absolute Gasteiger partial charge is 0.439 e. The highest BCUT2D eigenvalue weighted by Gasteiger charge is 2.33. The Kier molecular flexibility index (Phi) is 5.02. The number of nitrogens with zero attached hydrogens (tertiary/aromatic N) is 1. The van der Waals surface area contributed by atoms with Crippen molar-refractivity contribution in [2.24, 2.45) is 0 Å². The van der Waals surface area contributed by atoms with Crippen molar-refractivity contribution in [2.45, 2.75) is 37.7 Å².